The van der Waals surface area contributed by atoms with Crippen LogP contribution in [0.2, 0.25) is 0 Å². The van der Waals surface area contributed by atoms with Crippen LogP contribution in [0.15, 0.2) is 18.2 Å². The standard InChI is InChI=1S/C16H25NO4/c1-12(2)10-18-5-6-19-11-14(17)13-3-4-15-16(9-13)21-8-7-20-15/h3-4,9,12,14H,5-8,10-11,17H2,1-2H3. The topological polar surface area (TPSA) is 62.9 Å². The highest BCUT2D eigenvalue weighted by Crippen LogP contribution is 2.32. The smallest absolute Gasteiger partial charge is 0.161 e. The second-order valence-electron chi connectivity index (χ2n) is 5.55. The van der Waals surface area contributed by atoms with Crippen LogP contribution in [0.5, 0.6) is 11.5 Å². The van der Waals surface area contributed by atoms with Crippen molar-refractivity contribution in [3.05, 3.63) is 23.8 Å². The monoisotopic (exact) mass is 295 g/mol. The summed E-state index contributed by atoms with van der Waals surface area (Å²) in [6, 6.07) is 5.61. The van der Waals surface area contributed by atoms with Crippen molar-refractivity contribution in [1.82, 2.24) is 0 Å². The quantitative estimate of drug-likeness (QED) is 0.745. The lowest BCUT2D eigenvalue weighted by Gasteiger charge is -2.20. The number of nitrogens with two attached hydrogens (primary N) is 1. The van der Waals surface area contributed by atoms with Gasteiger partial charge in [0, 0.05) is 6.61 Å². The Bertz CT molecular complexity index is 436. The zero-order valence-electron chi connectivity index (χ0n) is 12.8. The van der Waals surface area contributed by atoms with Crippen molar-refractivity contribution in [3.63, 3.8) is 0 Å². The Kier molecular flexibility index (Phi) is 6.29. The maximum absolute atomic E-state index is 6.13. The first kappa shape index (κ1) is 16.1. The van der Waals surface area contributed by atoms with E-state index in [1.807, 2.05) is 18.2 Å². The number of rotatable bonds is 8. The van der Waals surface area contributed by atoms with Gasteiger partial charge < -0.3 is 24.7 Å². The van der Waals surface area contributed by atoms with Crippen molar-refractivity contribution in [2.75, 3.05) is 39.6 Å². The summed E-state index contributed by atoms with van der Waals surface area (Å²) in [7, 11) is 0. The van der Waals surface area contributed by atoms with Crippen LogP contribution in [0, 0.1) is 5.92 Å². The lowest BCUT2D eigenvalue weighted by molar-refractivity contribution is 0.0333. The van der Waals surface area contributed by atoms with Gasteiger partial charge in [-0.1, -0.05) is 19.9 Å². The van der Waals surface area contributed by atoms with Crippen LogP contribution < -0.4 is 15.2 Å². The molecule has 0 fully saturated rings. The van der Waals surface area contributed by atoms with Crippen molar-refractivity contribution in [1.29, 1.82) is 0 Å². The van der Waals surface area contributed by atoms with Crippen molar-refractivity contribution < 1.29 is 18.9 Å². The average Bonchev–Trinajstić information content (AvgIpc) is 2.49. The first-order valence-corrected chi connectivity index (χ1v) is 7.47. The van der Waals surface area contributed by atoms with Gasteiger partial charge in [0.25, 0.3) is 0 Å². The Hall–Kier alpha value is -1.30. The fraction of sp³-hybridized carbons (Fsp3) is 0.625. The number of hydrogen-bond donors (Lipinski definition) is 1. The molecule has 0 radical (unpaired) electrons. The van der Waals surface area contributed by atoms with Gasteiger partial charge in [0.1, 0.15) is 13.2 Å². The van der Waals surface area contributed by atoms with E-state index in [0.717, 1.165) is 23.7 Å². The van der Waals surface area contributed by atoms with Crippen LogP contribution in [-0.2, 0) is 9.47 Å². The molecule has 1 aliphatic heterocycles. The van der Waals surface area contributed by atoms with Crippen molar-refractivity contribution >= 4 is 0 Å². The van der Waals surface area contributed by atoms with E-state index in [2.05, 4.69) is 13.8 Å². The molecular weight excluding hydrogens is 270 g/mol. The fourth-order valence-corrected chi connectivity index (χ4v) is 2.03. The molecule has 2 rings (SSSR count). The molecule has 0 spiro atoms. The average molecular weight is 295 g/mol. The van der Waals surface area contributed by atoms with Gasteiger partial charge in [0.2, 0.25) is 0 Å². The van der Waals surface area contributed by atoms with E-state index in [4.69, 9.17) is 24.7 Å². The SMILES string of the molecule is CC(C)COCCOCC(N)c1ccc2c(c1)OCCO2. The zero-order valence-corrected chi connectivity index (χ0v) is 12.8. The predicted octanol–water partition coefficient (Wildman–Crippen LogP) is 2.15. The molecule has 5 nitrogen and oxygen atoms in total. The number of ether oxygens (including phenoxy) is 4. The highest BCUT2D eigenvalue weighted by molar-refractivity contribution is 5.44. The molecule has 0 amide bonds. The minimum Gasteiger partial charge on any atom is -0.486 e. The molecule has 1 aliphatic rings. The lowest BCUT2D eigenvalue weighted by atomic mass is 10.1. The number of benzene rings is 1. The maximum Gasteiger partial charge on any atom is 0.161 e. The molecule has 0 aromatic heterocycles. The van der Waals surface area contributed by atoms with Crippen LogP contribution >= 0.6 is 0 Å². The largest absolute Gasteiger partial charge is 0.486 e. The number of hydrogen-bond acceptors (Lipinski definition) is 5. The molecule has 1 aromatic rings. The predicted molar refractivity (Wildman–Crippen MR) is 80.8 cm³/mol. The second-order valence-corrected chi connectivity index (χ2v) is 5.55. The molecule has 1 heterocycles. The Balaban J connectivity index is 1.72. The minimum absolute atomic E-state index is 0.175. The maximum atomic E-state index is 6.13. The lowest BCUT2D eigenvalue weighted by Crippen LogP contribution is -2.20. The van der Waals surface area contributed by atoms with Gasteiger partial charge in [0.05, 0.1) is 25.9 Å². The van der Waals surface area contributed by atoms with E-state index in [1.165, 1.54) is 0 Å². The minimum atomic E-state index is -0.175. The summed E-state index contributed by atoms with van der Waals surface area (Å²) < 4.78 is 22.1. The number of fused-ring (bicyclic) bond motifs is 1. The van der Waals surface area contributed by atoms with Crippen LogP contribution in [-0.4, -0.2) is 39.6 Å². The summed E-state index contributed by atoms with van der Waals surface area (Å²) in [5, 5.41) is 0. The normalized spacial score (nSPS) is 15.2. The molecule has 1 aromatic carbocycles. The van der Waals surface area contributed by atoms with Crippen molar-refractivity contribution in [2.45, 2.75) is 19.9 Å². The van der Waals surface area contributed by atoms with Gasteiger partial charge in [-0.15, -0.1) is 0 Å². The highest BCUT2D eigenvalue weighted by Gasteiger charge is 2.14. The second kappa shape index (κ2) is 8.22. The van der Waals surface area contributed by atoms with Crippen molar-refractivity contribution in [2.24, 2.45) is 11.7 Å². The Morgan fingerprint density at radius 2 is 1.71 bits per heavy atom. The van der Waals surface area contributed by atoms with Crippen LogP contribution in [0.4, 0.5) is 0 Å². The van der Waals surface area contributed by atoms with E-state index < -0.39 is 0 Å². The van der Waals surface area contributed by atoms with Crippen LogP contribution in [0.3, 0.4) is 0 Å². The molecule has 0 saturated carbocycles. The first-order valence-electron chi connectivity index (χ1n) is 7.47. The molecule has 0 bridgehead atoms. The summed E-state index contributed by atoms with van der Waals surface area (Å²) in [6.07, 6.45) is 0. The van der Waals surface area contributed by atoms with Crippen molar-refractivity contribution in [3.8, 4) is 11.5 Å². The summed E-state index contributed by atoms with van der Waals surface area (Å²) in [6.45, 7) is 7.81. The van der Waals surface area contributed by atoms with Gasteiger partial charge in [-0.3, -0.25) is 0 Å². The molecule has 0 saturated heterocycles. The Morgan fingerprint density at radius 3 is 2.43 bits per heavy atom. The van der Waals surface area contributed by atoms with E-state index in [0.29, 0.717) is 39.0 Å². The molecule has 0 aliphatic carbocycles. The highest BCUT2D eigenvalue weighted by atomic mass is 16.6. The van der Waals surface area contributed by atoms with E-state index in [-0.39, 0.29) is 6.04 Å². The molecule has 5 heteroatoms. The Labute approximate surface area is 126 Å². The summed E-state index contributed by atoms with van der Waals surface area (Å²) in [5.41, 5.74) is 7.12. The first-order chi connectivity index (χ1) is 10.2. The molecule has 1 unspecified atom stereocenters. The van der Waals surface area contributed by atoms with Crippen LogP contribution in [0.25, 0.3) is 0 Å². The summed E-state index contributed by atoms with van der Waals surface area (Å²) in [5.74, 6) is 2.08. The van der Waals surface area contributed by atoms with Crippen LogP contribution in [0.1, 0.15) is 25.5 Å². The fourth-order valence-electron chi connectivity index (χ4n) is 2.03. The van der Waals surface area contributed by atoms with Gasteiger partial charge in [0.15, 0.2) is 11.5 Å². The summed E-state index contributed by atoms with van der Waals surface area (Å²) in [4.78, 5) is 0. The van der Waals surface area contributed by atoms with Gasteiger partial charge >= 0.3 is 0 Å². The van der Waals surface area contributed by atoms with Gasteiger partial charge in [-0.05, 0) is 23.6 Å². The Morgan fingerprint density at radius 1 is 1.05 bits per heavy atom. The molecule has 1 atom stereocenters. The van der Waals surface area contributed by atoms with E-state index in [9.17, 15) is 0 Å². The third kappa shape index (κ3) is 5.19. The third-order valence-corrected chi connectivity index (χ3v) is 3.11. The molecule has 2 N–H and O–H groups in total. The van der Waals surface area contributed by atoms with Gasteiger partial charge in [-0.2, -0.15) is 0 Å². The van der Waals surface area contributed by atoms with Gasteiger partial charge in [-0.25, -0.2) is 0 Å². The summed E-state index contributed by atoms with van der Waals surface area (Å²) >= 11 is 0. The van der Waals surface area contributed by atoms with E-state index in [1.54, 1.807) is 0 Å². The van der Waals surface area contributed by atoms with E-state index >= 15 is 0 Å². The zero-order chi connectivity index (χ0) is 15.1. The molecular formula is C16H25NO4. The third-order valence-electron chi connectivity index (χ3n) is 3.11. The molecule has 21 heavy (non-hydrogen) atoms. The molecule has 118 valence electrons.